The molecule has 14 heavy (non-hydrogen) atoms. The Morgan fingerprint density at radius 3 is 2.57 bits per heavy atom. The normalized spacial score (nSPS) is 29.9. The number of nitrogens with zero attached hydrogens (tertiary/aromatic N) is 1. The van der Waals surface area contributed by atoms with Crippen molar-refractivity contribution in [3.8, 4) is 0 Å². The summed E-state index contributed by atoms with van der Waals surface area (Å²) < 4.78 is 0. The van der Waals surface area contributed by atoms with Crippen molar-refractivity contribution in [2.24, 2.45) is 0 Å². The number of piperidine rings is 1. The van der Waals surface area contributed by atoms with Gasteiger partial charge in [-0.25, -0.2) is 0 Å². The summed E-state index contributed by atoms with van der Waals surface area (Å²) >= 11 is 0. The number of hydrogen-bond acceptors (Lipinski definition) is 2. The first-order valence-corrected chi connectivity index (χ1v) is 5.76. The van der Waals surface area contributed by atoms with Crippen molar-refractivity contribution >= 4 is 5.91 Å². The van der Waals surface area contributed by atoms with E-state index in [1.165, 1.54) is 25.7 Å². The van der Waals surface area contributed by atoms with Gasteiger partial charge in [-0.15, -0.1) is 0 Å². The molecule has 2 rings (SSSR count). The summed E-state index contributed by atoms with van der Waals surface area (Å²) in [5.74, 6) is 0.300. The molecule has 1 unspecified atom stereocenters. The van der Waals surface area contributed by atoms with Crippen LogP contribution in [0.15, 0.2) is 0 Å². The summed E-state index contributed by atoms with van der Waals surface area (Å²) in [6.45, 7) is 0.898. The van der Waals surface area contributed by atoms with E-state index in [9.17, 15) is 4.79 Å². The molecule has 2 aliphatic rings. The molecule has 1 atom stereocenters. The third-order valence-electron chi connectivity index (χ3n) is 3.45. The second-order valence-corrected chi connectivity index (χ2v) is 4.66. The van der Waals surface area contributed by atoms with Gasteiger partial charge in [0.15, 0.2) is 0 Å². The second-order valence-electron chi connectivity index (χ2n) is 4.66. The number of carbonyl (C=O) groups is 1. The van der Waals surface area contributed by atoms with Crippen LogP contribution >= 0.6 is 0 Å². The summed E-state index contributed by atoms with van der Waals surface area (Å²) in [6.07, 6.45) is 7.15. The molecule has 3 heteroatoms. The highest BCUT2D eigenvalue weighted by Gasteiger charge is 2.25. The van der Waals surface area contributed by atoms with Gasteiger partial charge < -0.3 is 10.2 Å². The van der Waals surface area contributed by atoms with E-state index in [2.05, 4.69) is 5.32 Å². The highest BCUT2D eigenvalue weighted by molar-refractivity contribution is 5.76. The van der Waals surface area contributed by atoms with Gasteiger partial charge in [0, 0.05) is 32.1 Å². The van der Waals surface area contributed by atoms with E-state index in [4.69, 9.17) is 0 Å². The van der Waals surface area contributed by atoms with Crippen LogP contribution in [0.5, 0.6) is 0 Å². The van der Waals surface area contributed by atoms with Gasteiger partial charge in [-0.05, 0) is 19.3 Å². The van der Waals surface area contributed by atoms with Crippen LogP contribution in [0.3, 0.4) is 0 Å². The van der Waals surface area contributed by atoms with Crippen LogP contribution in [-0.4, -0.2) is 36.5 Å². The Morgan fingerprint density at radius 2 is 1.93 bits per heavy atom. The first-order chi connectivity index (χ1) is 6.75. The molecule has 0 spiro atoms. The van der Waals surface area contributed by atoms with Gasteiger partial charge in [0.25, 0.3) is 0 Å². The lowest BCUT2D eigenvalue weighted by molar-refractivity contribution is -0.132. The largest absolute Gasteiger partial charge is 0.344 e. The van der Waals surface area contributed by atoms with Crippen molar-refractivity contribution in [3.63, 3.8) is 0 Å². The van der Waals surface area contributed by atoms with Crippen molar-refractivity contribution in [2.75, 3.05) is 13.6 Å². The van der Waals surface area contributed by atoms with Gasteiger partial charge in [-0.2, -0.15) is 0 Å². The van der Waals surface area contributed by atoms with Crippen molar-refractivity contribution in [3.05, 3.63) is 0 Å². The fraction of sp³-hybridized carbons (Fsp3) is 0.909. The van der Waals surface area contributed by atoms with E-state index in [0.29, 0.717) is 11.9 Å². The first kappa shape index (κ1) is 9.97. The van der Waals surface area contributed by atoms with Gasteiger partial charge in [0.05, 0.1) is 0 Å². The predicted octanol–water partition coefficient (Wildman–Crippen LogP) is 1.14. The molecular weight excluding hydrogens is 176 g/mol. The van der Waals surface area contributed by atoms with Crippen LogP contribution in [-0.2, 0) is 4.79 Å². The van der Waals surface area contributed by atoms with Gasteiger partial charge in [-0.3, -0.25) is 4.79 Å². The number of likely N-dealkylation sites (N-methyl/N-ethyl adjacent to an activating group) is 1. The highest BCUT2D eigenvalue weighted by atomic mass is 16.2. The molecule has 1 saturated heterocycles. The zero-order chi connectivity index (χ0) is 9.97. The lowest BCUT2D eigenvalue weighted by Crippen LogP contribution is -2.49. The molecule has 1 N–H and O–H groups in total. The SMILES string of the molecule is CN1CC(NC2CCCC2)CCC1=O. The highest BCUT2D eigenvalue weighted by Crippen LogP contribution is 2.20. The molecule has 0 radical (unpaired) electrons. The third kappa shape index (κ3) is 2.27. The summed E-state index contributed by atoms with van der Waals surface area (Å²) in [5.41, 5.74) is 0. The zero-order valence-corrected chi connectivity index (χ0v) is 8.96. The number of likely N-dealkylation sites (tertiary alicyclic amines) is 1. The van der Waals surface area contributed by atoms with Crippen LogP contribution < -0.4 is 5.32 Å². The molecule has 1 amide bonds. The van der Waals surface area contributed by atoms with E-state index >= 15 is 0 Å². The predicted molar refractivity (Wildman–Crippen MR) is 56.1 cm³/mol. The Balaban J connectivity index is 1.78. The first-order valence-electron chi connectivity index (χ1n) is 5.76. The summed E-state index contributed by atoms with van der Waals surface area (Å²) in [7, 11) is 1.91. The van der Waals surface area contributed by atoms with E-state index in [-0.39, 0.29) is 0 Å². The molecule has 1 aliphatic carbocycles. The lowest BCUT2D eigenvalue weighted by atomic mass is 10.0. The molecule has 0 bridgehead atoms. The molecule has 0 aromatic rings. The molecule has 3 nitrogen and oxygen atoms in total. The van der Waals surface area contributed by atoms with Gasteiger partial charge >= 0.3 is 0 Å². The maximum absolute atomic E-state index is 11.3. The smallest absolute Gasteiger partial charge is 0.222 e. The van der Waals surface area contributed by atoms with Crippen molar-refractivity contribution in [2.45, 2.75) is 50.6 Å². The molecule has 0 aromatic carbocycles. The maximum Gasteiger partial charge on any atom is 0.222 e. The van der Waals surface area contributed by atoms with Crippen LogP contribution in [0.2, 0.25) is 0 Å². The second kappa shape index (κ2) is 4.30. The number of amides is 1. The number of nitrogens with one attached hydrogen (secondary N) is 1. The Bertz CT molecular complexity index is 211. The topological polar surface area (TPSA) is 32.3 Å². The van der Waals surface area contributed by atoms with Crippen LogP contribution in [0.25, 0.3) is 0 Å². The maximum atomic E-state index is 11.3. The van der Waals surface area contributed by atoms with E-state index in [1.807, 2.05) is 11.9 Å². The van der Waals surface area contributed by atoms with Gasteiger partial charge in [0.2, 0.25) is 5.91 Å². The fourth-order valence-electron chi connectivity index (χ4n) is 2.57. The molecule has 1 heterocycles. The zero-order valence-electron chi connectivity index (χ0n) is 8.96. The third-order valence-corrected chi connectivity index (χ3v) is 3.45. The molecule has 1 aliphatic heterocycles. The van der Waals surface area contributed by atoms with Crippen LogP contribution in [0, 0.1) is 0 Å². The molecule has 80 valence electrons. The van der Waals surface area contributed by atoms with Crippen molar-refractivity contribution in [1.82, 2.24) is 10.2 Å². The minimum Gasteiger partial charge on any atom is -0.344 e. The number of carbonyl (C=O) groups excluding carboxylic acids is 1. The molecule has 1 saturated carbocycles. The monoisotopic (exact) mass is 196 g/mol. The number of rotatable bonds is 2. The minimum absolute atomic E-state index is 0.300. The minimum atomic E-state index is 0.300. The van der Waals surface area contributed by atoms with Gasteiger partial charge in [0.1, 0.15) is 0 Å². The average molecular weight is 196 g/mol. The molecule has 0 aromatic heterocycles. The summed E-state index contributed by atoms with van der Waals surface area (Å²) in [5, 5.41) is 3.67. The van der Waals surface area contributed by atoms with E-state index < -0.39 is 0 Å². The number of hydrogen-bond donors (Lipinski definition) is 1. The van der Waals surface area contributed by atoms with Crippen LogP contribution in [0.1, 0.15) is 38.5 Å². The quantitative estimate of drug-likeness (QED) is 0.718. The van der Waals surface area contributed by atoms with E-state index in [0.717, 1.165) is 25.4 Å². The van der Waals surface area contributed by atoms with E-state index in [1.54, 1.807) is 0 Å². The Labute approximate surface area is 85.8 Å². The average Bonchev–Trinajstić information content (AvgIpc) is 2.64. The molecular formula is C11H20N2O. The fourth-order valence-corrected chi connectivity index (χ4v) is 2.57. The lowest BCUT2D eigenvalue weighted by Gasteiger charge is -2.32. The summed E-state index contributed by atoms with van der Waals surface area (Å²) in [6, 6.07) is 1.27. The van der Waals surface area contributed by atoms with Crippen molar-refractivity contribution in [1.29, 1.82) is 0 Å². The Kier molecular flexibility index (Phi) is 3.06. The standard InChI is InChI=1S/C11H20N2O/c1-13-8-10(6-7-11(13)14)12-9-4-2-3-5-9/h9-10,12H,2-8H2,1H3. The van der Waals surface area contributed by atoms with Gasteiger partial charge in [-0.1, -0.05) is 12.8 Å². The Morgan fingerprint density at radius 1 is 1.21 bits per heavy atom. The Hall–Kier alpha value is -0.570. The van der Waals surface area contributed by atoms with Crippen molar-refractivity contribution < 1.29 is 4.79 Å². The summed E-state index contributed by atoms with van der Waals surface area (Å²) in [4.78, 5) is 13.1. The van der Waals surface area contributed by atoms with Crippen LogP contribution in [0.4, 0.5) is 0 Å². The molecule has 2 fully saturated rings.